The van der Waals surface area contributed by atoms with E-state index in [1.807, 2.05) is 0 Å². The van der Waals surface area contributed by atoms with Crippen LogP contribution in [-0.4, -0.2) is 20.1 Å². The Balaban J connectivity index is 2.34. The number of azide groups is 1. The molecule has 2 aromatic rings. The Bertz CT molecular complexity index is 832. The number of pyridine rings is 1. The second kappa shape index (κ2) is 7.27. The van der Waals surface area contributed by atoms with Gasteiger partial charge in [0, 0.05) is 40.5 Å². The lowest BCUT2D eigenvalue weighted by molar-refractivity contribution is -0.383. The molecule has 0 aliphatic carbocycles. The van der Waals surface area contributed by atoms with Gasteiger partial charge in [-0.15, -0.1) is 0 Å². The average molecular weight is 330 g/mol. The van der Waals surface area contributed by atoms with Gasteiger partial charge in [-0.25, -0.2) is 0 Å². The van der Waals surface area contributed by atoms with Crippen molar-refractivity contribution in [2.75, 3.05) is 5.32 Å². The van der Waals surface area contributed by atoms with E-state index in [0.29, 0.717) is 16.8 Å². The van der Waals surface area contributed by atoms with Gasteiger partial charge < -0.3 is 15.5 Å². The summed E-state index contributed by atoms with van der Waals surface area (Å²) >= 11 is 0. The molecule has 0 radical (unpaired) electrons. The number of nitro benzene ring substituents is 1. The van der Waals surface area contributed by atoms with Crippen LogP contribution in [0, 0.1) is 17.0 Å². The first-order valence-electron chi connectivity index (χ1n) is 6.82. The van der Waals surface area contributed by atoms with Crippen molar-refractivity contribution in [3.8, 4) is 5.75 Å². The molecule has 1 heterocycles. The third-order valence-electron chi connectivity index (χ3n) is 3.39. The van der Waals surface area contributed by atoms with Crippen LogP contribution in [0.5, 0.6) is 5.75 Å². The molecule has 0 atom stereocenters. The molecule has 0 aliphatic rings. The fourth-order valence-electron chi connectivity index (χ4n) is 2.14. The normalized spacial score (nSPS) is 10.1. The van der Waals surface area contributed by atoms with E-state index in [0.717, 1.165) is 6.07 Å². The van der Waals surface area contributed by atoms with E-state index < -0.39 is 4.92 Å². The van der Waals surface area contributed by atoms with Crippen LogP contribution in [0.15, 0.2) is 29.5 Å². The molecule has 0 amide bonds. The maximum absolute atomic E-state index is 11.2. The number of benzene rings is 1. The maximum Gasteiger partial charge on any atom is 0.292 e. The number of anilines is 1. The largest absolute Gasteiger partial charge is 0.506 e. The summed E-state index contributed by atoms with van der Waals surface area (Å²) in [6.07, 6.45) is 1.44. The fourth-order valence-corrected chi connectivity index (χ4v) is 2.14. The first-order chi connectivity index (χ1) is 11.5. The Morgan fingerprint density at radius 3 is 2.88 bits per heavy atom. The molecule has 3 N–H and O–H groups in total. The average Bonchev–Trinajstić information content (AvgIpc) is 2.57. The number of nitrogens with zero attached hydrogens (tertiary/aromatic N) is 5. The van der Waals surface area contributed by atoms with Gasteiger partial charge in [0.15, 0.2) is 0 Å². The lowest BCUT2D eigenvalue weighted by Crippen LogP contribution is -2.07. The Hall–Kier alpha value is -3.36. The summed E-state index contributed by atoms with van der Waals surface area (Å²) in [7, 11) is 0. The maximum atomic E-state index is 11.2. The SMILES string of the molecule is Cc1ncc(CO)c(CNc2ccc(N=[N+]=[N-])cc2[N+](=O)[O-])c1O. The van der Waals surface area contributed by atoms with Crippen LogP contribution < -0.4 is 5.32 Å². The molecule has 0 saturated heterocycles. The smallest absolute Gasteiger partial charge is 0.292 e. The molecule has 0 spiro atoms. The van der Waals surface area contributed by atoms with Crippen LogP contribution in [0.4, 0.5) is 17.1 Å². The monoisotopic (exact) mass is 330 g/mol. The molecular formula is C14H14N6O4. The molecule has 24 heavy (non-hydrogen) atoms. The van der Waals surface area contributed by atoms with Crippen molar-refractivity contribution in [3.63, 3.8) is 0 Å². The zero-order chi connectivity index (χ0) is 17.7. The topological polar surface area (TPSA) is 157 Å². The van der Waals surface area contributed by atoms with Crippen LogP contribution in [0.2, 0.25) is 0 Å². The summed E-state index contributed by atoms with van der Waals surface area (Å²) in [6.45, 7) is 1.33. The van der Waals surface area contributed by atoms with Gasteiger partial charge in [-0.1, -0.05) is 11.2 Å². The molecule has 0 aliphatic heterocycles. The molecule has 0 saturated carbocycles. The molecule has 1 aromatic carbocycles. The van der Waals surface area contributed by atoms with Crippen LogP contribution in [-0.2, 0) is 13.2 Å². The highest BCUT2D eigenvalue weighted by molar-refractivity contribution is 5.66. The number of aliphatic hydroxyl groups excluding tert-OH is 1. The van der Waals surface area contributed by atoms with Crippen molar-refractivity contribution < 1.29 is 15.1 Å². The molecule has 124 valence electrons. The Kier molecular flexibility index (Phi) is 5.15. The summed E-state index contributed by atoms with van der Waals surface area (Å²) in [5.41, 5.74) is 9.64. The molecule has 1 aromatic heterocycles. The van der Waals surface area contributed by atoms with Crippen LogP contribution in [0.25, 0.3) is 10.4 Å². The van der Waals surface area contributed by atoms with E-state index in [-0.39, 0.29) is 36.0 Å². The second-order valence-corrected chi connectivity index (χ2v) is 4.86. The predicted molar refractivity (Wildman–Crippen MR) is 85.8 cm³/mol. The van der Waals surface area contributed by atoms with Gasteiger partial charge in [0.2, 0.25) is 0 Å². The minimum Gasteiger partial charge on any atom is -0.506 e. The van der Waals surface area contributed by atoms with E-state index in [4.69, 9.17) is 5.53 Å². The quantitative estimate of drug-likeness (QED) is 0.243. The summed E-state index contributed by atoms with van der Waals surface area (Å²) in [5, 5.41) is 36.8. The minimum absolute atomic E-state index is 0.0484. The number of aliphatic hydroxyl groups is 1. The van der Waals surface area contributed by atoms with Crippen LogP contribution in [0.3, 0.4) is 0 Å². The molecular weight excluding hydrogens is 316 g/mol. The van der Waals surface area contributed by atoms with Gasteiger partial charge in [-0.3, -0.25) is 15.1 Å². The van der Waals surface area contributed by atoms with E-state index in [9.17, 15) is 20.3 Å². The lowest BCUT2D eigenvalue weighted by Gasteiger charge is -2.13. The first kappa shape index (κ1) is 17.0. The standard InChI is InChI=1S/C14H14N6O4/c1-8-14(22)11(9(7-21)5-16-8)6-17-12-3-2-10(18-19-15)4-13(12)20(23)24/h2-5,17,21-22H,6-7H2,1H3. The number of aromatic nitrogens is 1. The minimum atomic E-state index is -0.608. The van der Waals surface area contributed by atoms with Gasteiger partial charge in [0.05, 0.1) is 17.2 Å². The second-order valence-electron chi connectivity index (χ2n) is 4.86. The lowest BCUT2D eigenvalue weighted by atomic mass is 10.1. The Morgan fingerprint density at radius 1 is 1.50 bits per heavy atom. The predicted octanol–water partition coefficient (Wildman–Crippen LogP) is 3.05. The van der Waals surface area contributed by atoms with Gasteiger partial charge in [0.1, 0.15) is 11.4 Å². The first-order valence-corrected chi connectivity index (χ1v) is 6.82. The molecule has 0 unspecified atom stereocenters. The van der Waals surface area contributed by atoms with Crippen molar-refractivity contribution in [2.45, 2.75) is 20.1 Å². The van der Waals surface area contributed by atoms with Gasteiger partial charge in [-0.05, 0) is 18.5 Å². The van der Waals surface area contributed by atoms with Crippen molar-refractivity contribution >= 4 is 17.1 Å². The number of nitrogens with one attached hydrogen (secondary N) is 1. The number of aromatic hydroxyl groups is 1. The van der Waals surface area contributed by atoms with Crippen molar-refractivity contribution in [1.82, 2.24) is 4.98 Å². The summed E-state index contributed by atoms with van der Waals surface area (Å²) in [6, 6.07) is 3.98. The van der Waals surface area contributed by atoms with Crippen LogP contribution in [0.1, 0.15) is 16.8 Å². The van der Waals surface area contributed by atoms with E-state index in [1.54, 1.807) is 6.92 Å². The third-order valence-corrected chi connectivity index (χ3v) is 3.39. The molecule has 10 nitrogen and oxygen atoms in total. The van der Waals surface area contributed by atoms with E-state index in [1.165, 1.54) is 18.3 Å². The fraction of sp³-hybridized carbons (Fsp3) is 0.214. The number of nitro groups is 1. The molecule has 0 fully saturated rings. The number of aryl methyl sites for hydroxylation is 1. The summed E-state index contributed by atoms with van der Waals surface area (Å²) in [4.78, 5) is 17.1. The number of rotatable bonds is 6. The summed E-state index contributed by atoms with van der Waals surface area (Å²) in [5.74, 6) is -0.0811. The van der Waals surface area contributed by atoms with Crippen molar-refractivity contribution in [2.24, 2.45) is 5.11 Å². The zero-order valence-corrected chi connectivity index (χ0v) is 12.7. The number of hydrogen-bond acceptors (Lipinski definition) is 7. The van der Waals surface area contributed by atoms with Gasteiger partial charge in [-0.2, -0.15) is 0 Å². The van der Waals surface area contributed by atoms with E-state index in [2.05, 4.69) is 20.3 Å². The molecule has 2 rings (SSSR count). The highest BCUT2D eigenvalue weighted by atomic mass is 16.6. The van der Waals surface area contributed by atoms with E-state index >= 15 is 0 Å². The van der Waals surface area contributed by atoms with Gasteiger partial charge >= 0.3 is 0 Å². The van der Waals surface area contributed by atoms with Gasteiger partial charge in [0.25, 0.3) is 5.69 Å². The van der Waals surface area contributed by atoms with Crippen LogP contribution >= 0.6 is 0 Å². The third kappa shape index (κ3) is 3.51. The Labute approximate surface area is 136 Å². The highest BCUT2D eigenvalue weighted by Crippen LogP contribution is 2.31. The molecule has 10 heteroatoms. The zero-order valence-electron chi connectivity index (χ0n) is 12.7. The molecule has 0 bridgehead atoms. The van der Waals surface area contributed by atoms with Crippen molar-refractivity contribution in [3.05, 3.63) is 61.8 Å². The van der Waals surface area contributed by atoms with Crippen molar-refractivity contribution in [1.29, 1.82) is 0 Å². The summed E-state index contributed by atoms with van der Waals surface area (Å²) < 4.78 is 0. The number of hydrogen-bond donors (Lipinski definition) is 3. The highest BCUT2D eigenvalue weighted by Gasteiger charge is 2.16. The Morgan fingerprint density at radius 2 is 2.25 bits per heavy atom.